The zero-order chi connectivity index (χ0) is 11.4. The Hall–Kier alpha value is -1.58. The molecule has 0 bridgehead atoms. The standard InChI is InChI=1S/C12H16N2O2/c15-12(16)9-10-5-4-6-11(13-10)14-7-2-1-3-8-14/h4-6H,1-3,7-9H2,(H,15,16). The summed E-state index contributed by atoms with van der Waals surface area (Å²) in [5, 5.41) is 8.71. The third-order valence-corrected chi connectivity index (χ3v) is 2.80. The highest BCUT2D eigenvalue weighted by Gasteiger charge is 2.12. The lowest BCUT2D eigenvalue weighted by Gasteiger charge is -2.27. The van der Waals surface area contributed by atoms with Crippen molar-refractivity contribution in [1.82, 2.24) is 4.98 Å². The summed E-state index contributed by atoms with van der Waals surface area (Å²) >= 11 is 0. The minimum atomic E-state index is -0.830. The van der Waals surface area contributed by atoms with Gasteiger partial charge in [-0.3, -0.25) is 4.79 Å². The average molecular weight is 220 g/mol. The van der Waals surface area contributed by atoms with E-state index in [4.69, 9.17) is 5.11 Å². The van der Waals surface area contributed by atoms with Crippen molar-refractivity contribution in [2.45, 2.75) is 25.7 Å². The van der Waals surface area contributed by atoms with Gasteiger partial charge in [0.05, 0.1) is 12.1 Å². The first kappa shape index (κ1) is 10.9. The zero-order valence-electron chi connectivity index (χ0n) is 9.22. The van der Waals surface area contributed by atoms with Gasteiger partial charge in [-0.25, -0.2) is 4.98 Å². The summed E-state index contributed by atoms with van der Waals surface area (Å²) in [6.45, 7) is 2.06. The Morgan fingerprint density at radius 1 is 1.31 bits per heavy atom. The Morgan fingerprint density at radius 3 is 2.75 bits per heavy atom. The molecule has 4 nitrogen and oxygen atoms in total. The molecule has 1 N–H and O–H groups in total. The molecule has 1 fully saturated rings. The number of aromatic nitrogens is 1. The minimum absolute atomic E-state index is 0.00167. The minimum Gasteiger partial charge on any atom is -0.481 e. The van der Waals surface area contributed by atoms with E-state index in [1.54, 1.807) is 6.07 Å². The molecule has 1 saturated heterocycles. The van der Waals surface area contributed by atoms with Crippen molar-refractivity contribution in [2.75, 3.05) is 18.0 Å². The fourth-order valence-corrected chi connectivity index (χ4v) is 2.02. The summed E-state index contributed by atoms with van der Waals surface area (Å²) < 4.78 is 0. The van der Waals surface area contributed by atoms with E-state index < -0.39 is 5.97 Å². The van der Waals surface area contributed by atoms with Gasteiger partial charge >= 0.3 is 5.97 Å². The molecule has 4 heteroatoms. The van der Waals surface area contributed by atoms with Crippen molar-refractivity contribution in [3.8, 4) is 0 Å². The number of hydrogen-bond donors (Lipinski definition) is 1. The van der Waals surface area contributed by atoms with Crippen LogP contribution in [0.25, 0.3) is 0 Å². The second-order valence-electron chi connectivity index (χ2n) is 4.11. The SMILES string of the molecule is O=C(O)Cc1cccc(N2CCCCC2)n1. The Kier molecular flexibility index (Phi) is 3.39. The van der Waals surface area contributed by atoms with Crippen molar-refractivity contribution in [3.63, 3.8) is 0 Å². The van der Waals surface area contributed by atoms with Crippen LogP contribution in [0, 0.1) is 0 Å². The van der Waals surface area contributed by atoms with Gasteiger partial charge in [-0.05, 0) is 31.4 Å². The molecule has 86 valence electrons. The van der Waals surface area contributed by atoms with Gasteiger partial charge in [-0.15, -0.1) is 0 Å². The first-order valence-electron chi connectivity index (χ1n) is 5.68. The molecule has 0 aromatic carbocycles. The molecule has 1 aliphatic rings. The lowest BCUT2D eigenvalue weighted by atomic mass is 10.1. The van der Waals surface area contributed by atoms with Gasteiger partial charge < -0.3 is 10.0 Å². The number of carboxylic acids is 1. The Morgan fingerprint density at radius 2 is 2.06 bits per heavy atom. The fraction of sp³-hybridized carbons (Fsp3) is 0.500. The molecule has 16 heavy (non-hydrogen) atoms. The Balaban J connectivity index is 2.11. The van der Waals surface area contributed by atoms with Gasteiger partial charge in [0.15, 0.2) is 0 Å². The van der Waals surface area contributed by atoms with E-state index >= 15 is 0 Å². The molecule has 0 spiro atoms. The summed E-state index contributed by atoms with van der Waals surface area (Å²) in [5.74, 6) is 0.0849. The van der Waals surface area contributed by atoms with Crippen LogP contribution < -0.4 is 4.90 Å². The lowest BCUT2D eigenvalue weighted by Crippen LogP contribution is -2.30. The highest BCUT2D eigenvalue weighted by Crippen LogP contribution is 2.17. The number of carbonyl (C=O) groups is 1. The van der Waals surface area contributed by atoms with Crippen molar-refractivity contribution < 1.29 is 9.90 Å². The van der Waals surface area contributed by atoms with Crippen LogP contribution in [0.3, 0.4) is 0 Å². The van der Waals surface area contributed by atoms with Crippen LogP contribution in [0.4, 0.5) is 5.82 Å². The number of hydrogen-bond acceptors (Lipinski definition) is 3. The van der Waals surface area contributed by atoms with Crippen molar-refractivity contribution in [1.29, 1.82) is 0 Å². The van der Waals surface area contributed by atoms with Gasteiger partial charge in [0.25, 0.3) is 0 Å². The van der Waals surface area contributed by atoms with Crippen LogP contribution in [-0.2, 0) is 11.2 Å². The summed E-state index contributed by atoms with van der Waals surface area (Å²) in [6.07, 6.45) is 3.68. The van der Waals surface area contributed by atoms with Crippen LogP contribution >= 0.6 is 0 Å². The maximum absolute atomic E-state index is 10.6. The van der Waals surface area contributed by atoms with Crippen LogP contribution in [0.2, 0.25) is 0 Å². The van der Waals surface area contributed by atoms with Crippen LogP contribution in [-0.4, -0.2) is 29.1 Å². The van der Waals surface area contributed by atoms with E-state index in [-0.39, 0.29) is 6.42 Å². The third-order valence-electron chi connectivity index (χ3n) is 2.80. The highest BCUT2D eigenvalue weighted by molar-refractivity contribution is 5.69. The molecular weight excluding hydrogens is 204 g/mol. The van der Waals surface area contributed by atoms with Gasteiger partial charge in [0.2, 0.25) is 0 Å². The molecule has 0 unspecified atom stereocenters. The fourth-order valence-electron chi connectivity index (χ4n) is 2.02. The van der Waals surface area contributed by atoms with Crippen LogP contribution in [0.5, 0.6) is 0 Å². The summed E-state index contributed by atoms with van der Waals surface area (Å²) in [7, 11) is 0. The van der Waals surface area contributed by atoms with Gasteiger partial charge in [-0.1, -0.05) is 6.07 Å². The van der Waals surface area contributed by atoms with Crippen LogP contribution in [0.1, 0.15) is 25.0 Å². The predicted molar refractivity (Wildman–Crippen MR) is 61.6 cm³/mol. The maximum Gasteiger partial charge on any atom is 0.309 e. The van der Waals surface area contributed by atoms with Gasteiger partial charge in [-0.2, -0.15) is 0 Å². The molecule has 0 atom stereocenters. The van der Waals surface area contributed by atoms with Crippen LogP contribution in [0.15, 0.2) is 18.2 Å². The molecule has 0 radical (unpaired) electrons. The number of rotatable bonds is 3. The normalized spacial score (nSPS) is 16.1. The lowest BCUT2D eigenvalue weighted by molar-refractivity contribution is -0.136. The van der Waals surface area contributed by atoms with E-state index in [0.717, 1.165) is 18.9 Å². The van der Waals surface area contributed by atoms with E-state index in [0.29, 0.717) is 5.69 Å². The number of aliphatic carboxylic acids is 1. The summed E-state index contributed by atoms with van der Waals surface area (Å²) in [6, 6.07) is 5.60. The number of nitrogens with zero attached hydrogens (tertiary/aromatic N) is 2. The largest absolute Gasteiger partial charge is 0.481 e. The van der Waals surface area contributed by atoms with Gasteiger partial charge in [0, 0.05) is 13.1 Å². The molecule has 1 aromatic rings. The average Bonchev–Trinajstić information content (AvgIpc) is 2.30. The van der Waals surface area contributed by atoms with Crippen molar-refractivity contribution in [3.05, 3.63) is 23.9 Å². The molecule has 2 heterocycles. The molecule has 0 amide bonds. The quantitative estimate of drug-likeness (QED) is 0.842. The first-order chi connectivity index (χ1) is 7.75. The maximum atomic E-state index is 10.6. The second-order valence-corrected chi connectivity index (χ2v) is 4.11. The Labute approximate surface area is 94.9 Å². The number of anilines is 1. The third kappa shape index (κ3) is 2.72. The van der Waals surface area contributed by atoms with E-state index in [1.807, 2.05) is 12.1 Å². The number of piperidine rings is 1. The molecule has 0 saturated carbocycles. The molecule has 2 rings (SSSR count). The van der Waals surface area contributed by atoms with Crippen molar-refractivity contribution >= 4 is 11.8 Å². The van der Waals surface area contributed by atoms with E-state index in [1.165, 1.54) is 19.3 Å². The molecular formula is C12H16N2O2. The molecule has 1 aliphatic heterocycles. The monoisotopic (exact) mass is 220 g/mol. The number of carboxylic acid groups (broad SMARTS) is 1. The summed E-state index contributed by atoms with van der Waals surface area (Å²) in [5.41, 5.74) is 0.635. The first-order valence-corrected chi connectivity index (χ1v) is 5.68. The zero-order valence-corrected chi connectivity index (χ0v) is 9.22. The summed E-state index contributed by atoms with van der Waals surface area (Å²) in [4.78, 5) is 17.2. The van der Waals surface area contributed by atoms with E-state index in [2.05, 4.69) is 9.88 Å². The smallest absolute Gasteiger partial charge is 0.309 e. The van der Waals surface area contributed by atoms with Crippen molar-refractivity contribution in [2.24, 2.45) is 0 Å². The second kappa shape index (κ2) is 4.96. The predicted octanol–water partition coefficient (Wildman–Crippen LogP) is 1.70. The molecule has 1 aromatic heterocycles. The highest BCUT2D eigenvalue weighted by atomic mass is 16.4. The van der Waals surface area contributed by atoms with E-state index in [9.17, 15) is 4.79 Å². The number of pyridine rings is 1. The van der Waals surface area contributed by atoms with Gasteiger partial charge in [0.1, 0.15) is 5.82 Å². The topological polar surface area (TPSA) is 53.4 Å². The molecule has 0 aliphatic carbocycles. The Bertz CT molecular complexity index is 373.